The lowest BCUT2D eigenvalue weighted by molar-refractivity contribution is -0.166. The minimum absolute atomic E-state index is 0.233. The van der Waals surface area contributed by atoms with E-state index < -0.39 is 30.6 Å². The molecule has 6 heteroatoms. The highest BCUT2D eigenvalue weighted by molar-refractivity contribution is 5.81. The lowest BCUT2D eigenvalue weighted by Crippen LogP contribution is -2.45. The molecular formula is C11H17F3N2O. The number of halogens is 3. The topological polar surface area (TPSA) is 46.3 Å². The van der Waals surface area contributed by atoms with Gasteiger partial charge in [-0.1, -0.05) is 12.2 Å². The van der Waals surface area contributed by atoms with Crippen LogP contribution in [-0.4, -0.2) is 35.6 Å². The maximum absolute atomic E-state index is 12.4. The quantitative estimate of drug-likeness (QED) is 0.775. The van der Waals surface area contributed by atoms with Crippen molar-refractivity contribution in [2.45, 2.75) is 38.5 Å². The average molecular weight is 250 g/mol. The first-order chi connectivity index (χ1) is 7.70. The zero-order valence-corrected chi connectivity index (χ0v) is 9.87. The first kappa shape index (κ1) is 14.0. The summed E-state index contributed by atoms with van der Waals surface area (Å²) in [6, 6.07) is -0.710. The summed E-state index contributed by atoms with van der Waals surface area (Å²) in [5, 5.41) is 0. The van der Waals surface area contributed by atoms with E-state index in [1.54, 1.807) is 26.0 Å². The standard InChI is InChI=1S/C11H17F3N2O/c1-7(2)16(6-11(12,13)14)10(17)8-3-4-9(15)5-8/h3-4,7-9H,5-6,15H2,1-2H3. The van der Waals surface area contributed by atoms with Gasteiger partial charge in [0.15, 0.2) is 0 Å². The molecule has 0 aliphatic heterocycles. The van der Waals surface area contributed by atoms with Crippen molar-refractivity contribution in [3.05, 3.63) is 12.2 Å². The average Bonchev–Trinajstić information content (AvgIpc) is 2.58. The number of rotatable bonds is 3. The molecule has 0 heterocycles. The van der Waals surface area contributed by atoms with Crippen molar-refractivity contribution in [1.29, 1.82) is 0 Å². The van der Waals surface area contributed by atoms with Crippen molar-refractivity contribution in [1.82, 2.24) is 4.90 Å². The molecule has 0 bridgehead atoms. The van der Waals surface area contributed by atoms with Crippen molar-refractivity contribution in [3.8, 4) is 0 Å². The van der Waals surface area contributed by atoms with E-state index in [9.17, 15) is 18.0 Å². The van der Waals surface area contributed by atoms with Crippen LogP contribution in [0.5, 0.6) is 0 Å². The molecule has 3 nitrogen and oxygen atoms in total. The molecule has 2 unspecified atom stereocenters. The summed E-state index contributed by atoms with van der Waals surface area (Å²) in [4.78, 5) is 12.8. The van der Waals surface area contributed by atoms with Crippen LogP contribution >= 0.6 is 0 Å². The van der Waals surface area contributed by atoms with E-state index in [0.717, 1.165) is 4.90 Å². The van der Waals surface area contributed by atoms with Crippen LogP contribution in [-0.2, 0) is 4.79 Å². The summed E-state index contributed by atoms with van der Waals surface area (Å²) in [5.41, 5.74) is 5.59. The van der Waals surface area contributed by atoms with E-state index in [-0.39, 0.29) is 6.04 Å². The maximum atomic E-state index is 12.4. The fourth-order valence-corrected chi connectivity index (χ4v) is 1.83. The Hall–Kier alpha value is -1.04. The number of hydrogen-bond donors (Lipinski definition) is 1. The van der Waals surface area contributed by atoms with Crippen LogP contribution in [0, 0.1) is 5.92 Å². The van der Waals surface area contributed by atoms with Gasteiger partial charge in [-0.05, 0) is 20.3 Å². The Balaban J connectivity index is 2.71. The number of carbonyl (C=O) groups is 1. The third-order valence-corrected chi connectivity index (χ3v) is 2.69. The maximum Gasteiger partial charge on any atom is 0.406 e. The summed E-state index contributed by atoms with van der Waals surface area (Å²) in [5.74, 6) is -1.02. The summed E-state index contributed by atoms with van der Waals surface area (Å²) >= 11 is 0. The minimum atomic E-state index is -4.37. The van der Waals surface area contributed by atoms with Gasteiger partial charge in [0.05, 0.1) is 5.92 Å². The highest BCUT2D eigenvalue weighted by atomic mass is 19.4. The number of nitrogens with zero attached hydrogens (tertiary/aromatic N) is 1. The predicted molar refractivity (Wildman–Crippen MR) is 58.1 cm³/mol. The first-order valence-corrected chi connectivity index (χ1v) is 5.52. The molecule has 1 amide bonds. The molecule has 1 rings (SSSR count). The van der Waals surface area contributed by atoms with Crippen molar-refractivity contribution in [3.63, 3.8) is 0 Å². The molecule has 0 aromatic heterocycles. The van der Waals surface area contributed by atoms with Gasteiger partial charge in [-0.15, -0.1) is 0 Å². The molecule has 0 fully saturated rings. The van der Waals surface area contributed by atoms with Gasteiger partial charge in [0.25, 0.3) is 0 Å². The van der Waals surface area contributed by atoms with Crippen molar-refractivity contribution in [2.24, 2.45) is 11.7 Å². The molecular weight excluding hydrogens is 233 g/mol. The Morgan fingerprint density at radius 1 is 1.47 bits per heavy atom. The SMILES string of the molecule is CC(C)N(CC(F)(F)F)C(=O)C1C=CC(N)C1. The molecule has 2 N–H and O–H groups in total. The lowest BCUT2D eigenvalue weighted by Gasteiger charge is -2.29. The van der Waals surface area contributed by atoms with Gasteiger partial charge in [0, 0.05) is 12.1 Å². The van der Waals surface area contributed by atoms with Crippen LogP contribution in [0.25, 0.3) is 0 Å². The molecule has 1 aliphatic rings. The molecule has 0 spiro atoms. The van der Waals surface area contributed by atoms with Gasteiger partial charge in [-0.3, -0.25) is 4.79 Å². The van der Waals surface area contributed by atoms with E-state index in [1.807, 2.05) is 0 Å². The number of nitrogens with two attached hydrogens (primary N) is 1. The van der Waals surface area contributed by atoms with E-state index in [2.05, 4.69) is 0 Å². The minimum Gasteiger partial charge on any atom is -0.331 e. The largest absolute Gasteiger partial charge is 0.406 e. The fraction of sp³-hybridized carbons (Fsp3) is 0.727. The Morgan fingerprint density at radius 3 is 2.41 bits per heavy atom. The smallest absolute Gasteiger partial charge is 0.331 e. The Bertz CT molecular complexity index is 312. The van der Waals surface area contributed by atoms with E-state index in [4.69, 9.17) is 5.73 Å². The van der Waals surface area contributed by atoms with Crippen LogP contribution < -0.4 is 5.73 Å². The molecule has 0 radical (unpaired) electrons. The second-order valence-corrected chi connectivity index (χ2v) is 4.57. The Kier molecular flexibility index (Phi) is 4.19. The molecule has 98 valence electrons. The van der Waals surface area contributed by atoms with Crippen LogP contribution in [0.15, 0.2) is 12.2 Å². The number of alkyl halides is 3. The van der Waals surface area contributed by atoms with E-state index in [1.165, 1.54) is 0 Å². The number of carbonyl (C=O) groups excluding carboxylic acids is 1. The van der Waals surface area contributed by atoms with E-state index in [0.29, 0.717) is 6.42 Å². The molecule has 0 saturated heterocycles. The highest BCUT2D eigenvalue weighted by Crippen LogP contribution is 2.24. The van der Waals surface area contributed by atoms with Gasteiger partial charge in [0.2, 0.25) is 5.91 Å². The molecule has 0 saturated carbocycles. The lowest BCUT2D eigenvalue weighted by atomic mass is 10.1. The molecule has 1 aliphatic carbocycles. The third kappa shape index (κ3) is 4.03. The van der Waals surface area contributed by atoms with Crippen molar-refractivity contribution < 1.29 is 18.0 Å². The van der Waals surface area contributed by atoms with Gasteiger partial charge < -0.3 is 10.6 Å². The summed E-state index contributed by atoms with van der Waals surface area (Å²) < 4.78 is 37.1. The fourth-order valence-electron chi connectivity index (χ4n) is 1.83. The van der Waals surface area contributed by atoms with Crippen LogP contribution in [0.3, 0.4) is 0 Å². The zero-order chi connectivity index (χ0) is 13.2. The Morgan fingerprint density at radius 2 is 2.06 bits per heavy atom. The summed E-state index contributed by atoms with van der Waals surface area (Å²) in [6.45, 7) is 1.94. The van der Waals surface area contributed by atoms with Crippen LogP contribution in [0.1, 0.15) is 20.3 Å². The highest BCUT2D eigenvalue weighted by Gasteiger charge is 2.37. The molecule has 17 heavy (non-hydrogen) atoms. The second-order valence-electron chi connectivity index (χ2n) is 4.57. The van der Waals surface area contributed by atoms with Crippen molar-refractivity contribution in [2.75, 3.05) is 6.54 Å². The van der Waals surface area contributed by atoms with E-state index >= 15 is 0 Å². The third-order valence-electron chi connectivity index (χ3n) is 2.69. The van der Waals surface area contributed by atoms with Crippen molar-refractivity contribution >= 4 is 5.91 Å². The summed E-state index contributed by atoms with van der Waals surface area (Å²) in [7, 11) is 0. The van der Waals surface area contributed by atoms with Gasteiger partial charge in [-0.2, -0.15) is 13.2 Å². The number of amides is 1. The molecule has 0 aromatic carbocycles. The molecule has 0 aromatic rings. The number of hydrogen-bond acceptors (Lipinski definition) is 2. The monoisotopic (exact) mass is 250 g/mol. The summed E-state index contributed by atoms with van der Waals surface area (Å²) in [6.07, 6.45) is -0.725. The van der Waals surface area contributed by atoms with Gasteiger partial charge in [0.1, 0.15) is 6.54 Å². The second kappa shape index (κ2) is 5.08. The normalized spacial score (nSPS) is 24.4. The van der Waals surface area contributed by atoms with Gasteiger partial charge >= 0.3 is 6.18 Å². The molecule has 2 atom stereocenters. The zero-order valence-electron chi connectivity index (χ0n) is 9.87. The predicted octanol–water partition coefficient (Wildman–Crippen LogP) is 1.69. The first-order valence-electron chi connectivity index (χ1n) is 5.52. The van der Waals surface area contributed by atoms with Gasteiger partial charge in [-0.25, -0.2) is 0 Å². The Labute approximate surface area is 98.5 Å². The van der Waals surface area contributed by atoms with Crippen LogP contribution in [0.4, 0.5) is 13.2 Å². The van der Waals surface area contributed by atoms with Crippen LogP contribution in [0.2, 0.25) is 0 Å².